The Hall–Kier alpha value is -0.880. The number of piperidine rings is 1. The molecule has 1 saturated carbocycles. The van der Waals surface area contributed by atoms with Gasteiger partial charge in [-0.1, -0.05) is 42.5 Å². The number of phosphoric ester groups is 1. The smallest absolute Gasteiger partial charge is 0.302 e. The summed E-state index contributed by atoms with van der Waals surface area (Å²) in [5.41, 5.74) is 1.53. The number of hydrogen-bond donors (Lipinski definition) is 2. The summed E-state index contributed by atoms with van der Waals surface area (Å²) in [6.07, 6.45) is 1.80. The van der Waals surface area contributed by atoms with Gasteiger partial charge in [-0.3, -0.25) is 13.9 Å². The van der Waals surface area contributed by atoms with Crippen LogP contribution in [0.1, 0.15) is 18.4 Å². The standard InChI is InChI=1S/C19H24NO4PS/c21-25(22,23-8-3-9-26)24-14-20-12-18-11-19(18,13-20)17-7-6-15-4-1-2-5-16(15)10-17/h1-2,4-7,10,18,26H,3,8-9,11-14H2,(H,21,22)/t18-,19+/m1/s1. The topological polar surface area (TPSA) is 59.0 Å². The van der Waals surface area contributed by atoms with Gasteiger partial charge in [0, 0.05) is 18.5 Å². The van der Waals surface area contributed by atoms with Crippen molar-refractivity contribution in [3.63, 3.8) is 0 Å². The molecule has 3 atom stereocenters. The minimum atomic E-state index is -3.98. The molecule has 1 saturated heterocycles. The first-order valence-electron chi connectivity index (χ1n) is 8.97. The van der Waals surface area contributed by atoms with Crippen LogP contribution in [0.2, 0.25) is 0 Å². The molecule has 2 aromatic carbocycles. The molecule has 4 rings (SSSR count). The van der Waals surface area contributed by atoms with Gasteiger partial charge in [0.25, 0.3) is 0 Å². The second-order valence-corrected chi connectivity index (χ2v) is 9.17. The summed E-state index contributed by atoms with van der Waals surface area (Å²) in [4.78, 5) is 11.8. The highest BCUT2D eigenvalue weighted by Gasteiger charge is 2.60. The SMILES string of the molecule is O=P(O)(OCCCS)OCN1C[C@H]2C[C@@]2(c2ccc3ccccc3c2)C1. The molecule has 1 heterocycles. The summed E-state index contributed by atoms with van der Waals surface area (Å²) in [5.74, 6) is 1.21. The second kappa shape index (κ2) is 7.27. The summed E-state index contributed by atoms with van der Waals surface area (Å²) in [6, 6.07) is 15.1. The highest BCUT2D eigenvalue weighted by Crippen LogP contribution is 2.59. The Morgan fingerprint density at radius 3 is 2.85 bits per heavy atom. The number of hydrogen-bond acceptors (Lipinski definition) is 5. The van der Waals surface area contributed by atoms with Gasteiger partial charge in [0.2, 0.25) is 0 Å². The minimum absolute atomic E-state index is 0.125. The van der Waals surface area contributed by atoms with E-state index < -0.39 is 7.82 Å². The summed E-state index contributed by atoms with van der Waals surface area (Å²) in [7, 11) is -3.98. The van der Waals surface area contributed by atoms with Crippen molar-refractivity contribution < 1.29 is 18.5 Å². The molecule has 7 heteroatoms. The largest absolute Gasteiger partial charge is 0.473 e. The number of thiol groups is 1. The quantitative estimate of drug-likeness (QED) is 0.406. The Morgan fingerprint density at radius 2 is 2.04 bits per heavy atom. The second-order valence-electron chi connectivity index (χ2n) is 7.27. The fraction of sp³-hybridized carbons (Fsp3) is 0.474. The molecule has 140 valence electrons. The van der Waals surface area contributed by atoms with E-state index in [-0.39, 0.29) is 18.8 Å². The van der Waals surface area contributed by atoms with Gasteiger partial charge in [-0.25, -0.2) is 4.57 Å². The molecular weight excluding hydrogens is 369 g/mol. The first kappa shape index (κ1) is 18.5. The normalized spacial score (nSPS) is 27.4. The van der Waals surface area contributed by atoms with Gasteiger partial charge in [0.15, 0.2) is 0 Å². The van der Waals surface area contributed by atoms with Crippen LogP contribution in [-0.4, -0.2) is 42.0 Å². The third kappa shape index (κ3) is 3.72. The van der Waals surface area contributed by atoms with Gasteiger partial charge in [-0.15, -0.1) is 0 Å². The van der Waals surface area contributed by atoms with E-state index >= 15 is 0 Å². The molecule has 2 fully saturated rings. The number of fused-ring (bicyclic) bond motifs is 2. The van der Waals surface area contributed by atoms with Gasteiger partial charge >= 0.3 is 7.82 Å². The number of rotatable bonds is 8. The van der Waals surface area contributed by atoms with Crippen molar-refractivity contribution in [2.24, 2.45) is 5.92 Å². The van der Waals surface area contributed by atoms with Crippen LogP contribution in [-0.2, 0) is 19.0 Å². The van der Waals surface area contributed by atoms with E-state index in [2.05, 4.69) is 60.0 Å². The van der Waals surface area contributed by atoms with E-state index in [1.807, 2.05) is 0 Å². The molecule has 1 aliphatic heterocycles. The van der Waals surface area contributed by atoms with Crippen molar-refractivity contribution in [3.05, 3.63) is 48.0 Å². The van der Waals surface area contributed by atoms with Gasteiger partial charge in [0.05, 0.1) is 6.61 Å². The van der Waals surface area contributed by atoms with Gasteiger partial charge < -0.3 is 4.89 Å². The van der Waals surface area contributed by atoms with Crippen molar-refractivity contribution in [1.82, 2.24) is 4.90 Å². The van der Waals surface area contributed by atoms with E-state index in [0.717, 1.165) is 13.1 Å². The van der Waals surface area contributed by atoms with E-state index in [1.165, 1.54) is 22.8 Å². The maximum atomic E-state index is 11.9. The highest BCUT2D eigenvalue weighted by atomic mass is 32.1. The molecule has 2 aromatic rings. The Bertz CT molecular complexity index is 847. The lowest BCUT2D eigenvalue weighted by Crippen LogP contribution is -2.28. The number of nitrogens with zero attached hydrogens (tertiary/aromatic N) is 1. The molecule has 5 nitrogen and oxygen atoms in total. The average Bonchev–Trinajstić information content (AvgIpc) is 3.22. The van der Waals surface area contributed by atoms with Crippen molar-refractivity contribution in [3.8, 4) is 0 Å². The molecule has 0 spiro atoms. The van der Waals surface area contributed by atoms with Crippen molar-refractivity contribution >= 4 is 31.2 Å². The summed E-state index contributed by atoms with van der Waals surface area (Å²) in [6.45, 7) is 2.05. The van der Waals surface area contributed by atoms with Crippen molar-refractivity contribution in [2.45, 2.75) is 18.3 Å². The predicted octanol–water partition coefficient (Wildman–Crippen LogP) is 3.82. The lowest BCUT2D eigenvalue weighted by Gasteiger charge is -2.22. The monoisotopic (exact) mass is 393 g/mol. The molecule has 0 radical (unpaired) electrons. The zero-order chi connectivity index (χ0) is 18.2. The lowest BCUT2D eigenvalue weighted by atomic mass is 9.93. The van der Waals surface area contributed by atoms with E-state index in [1.54, 1.807) is 0 Å². The first-order valence-corrected chi connectivity index (χ1v) is 11.1. The maximum absolute atomic E-state index is 11.9. The van der Waals surface area contributed by atoms with Crippen LogP contribution in [0.15, 0.2) is 42.5 Å². The molecule has 1 aliphatic carbocycles. The summed E-state index contributed by atoms with van der Waals surface area (Å²) >= 11 is 4.05. The molecule has 2 aliphatic rings. The maximum Gasteiger partial charge on any atom is 0.473 e. The van der Waals surface area contributed by atoms with Crippen molar-refractivity contribution in [1.29, 1.82) is 0 Å². The van der Waals surface area contributed by atoms with Crippen LogP contribution in [0.4, 0.5) is 0 Å². The first-order chi connectivity index (χ1) is 12.5. The van der Waals surface area contributed by atoms with Gasteiger partial charge in [-0.05, 0) is 40.8 Å². The Morgan fingerprint density at radius 1 is 1.23 bits per heavy atom. The molecular formula is C19H24NO4PS. The Labute approximate surface area is 159 Å². The highest BCUT2D eigenvalue weighted by molar-refractivity contribution is 7.80. The average molecular weight is 393 g/mol. The summed E-state index contributed by atoms with van der Waals surface area (Å²) < 4.78 is 22.0. The molecule has 1 unspecified atom stereocenters. The van der Waals surface area contributed by atoms with E-state index in [4.69, 9.17) is 9.05 Å². The number of phosphoric acid groups is 1. The summed E-state index contributed by atoms with van der Waals surface area (Å²) in [5, 5.41) is 2.51. The van der Waals surface area contributed by atoms with Crippen LogP contribution in [0.25, 0.3) is 10.8 Å². The lowest BCUT2D eigenvalue weighted by molar-refractivity contribution is 0.0811. The van der Waals surface area contributed by atoms with Crippen molar-refractivity contribution in [2.75, 3.05) is 32.2 Å². The van der Waals surface area contributed by atoms with E-state index in [9.17, 15) is 9.46 Å². The Balaban J connectivity index is 1.38. The predicted molar refractivity (Wildman–Crippen MR) is 106 cm³/mol. The Kier molecular flexibility index (Phi) is 5.17. The van der Waals surface area contributed by atoms with Crippen LogP contribution < -0.4 is 0 Å². The third-order valence-electron chi connectivity index (χ3n) is 5.50. The van der Waals surface area contributed by atoms with Gasteiger partial charge in [0.1, 0.15) is 6.73 Å². The fourth-order valence-corrected chi connectivity index (χ4v) is 4.94. The van der Waals surface area contributed by atoms with Crippen LogP contribution >= 0.6 is 20.5 Å². The van der Waals surface area contributed by atoms with E-state index in [0.29, 0.717) is 18.1 Å². The third-order valence-corrected chi connectivity index (χ3v) is 6.77. The zero-order valence-corrected chi connectivity index (χ0v) is 16.4. The van der Waals surface area contributed by atoms with Crippen LogP contribution in [0, 0.1) is 5.92 Å². The number of benzene rings is 2. The molecule has 0 amide bonds. The molecule has 0 bridgehead atoms. The molecule has 26 heavy (non-hydrogen) atoms. The number of likely N-dealkylation sites (tertiary alicyclic amines) is 1. The fourth-order valence-electron chi connectivity index (χ4n) is 4.07. The molecule has 0 aromatic heterocycles. The van der Waals surface area contributed by atoms with Crippen LogP contribution in [0.5, 0.6) is 0 Å². The van der Waals surface area contributed by atoms with Gasteiger partial charge in [-0.2, -0.15) is 12.6 Å². The van der Waals surface area contributed by atoms with Crippen LogP contribution in [0.3, 0.4) is 0 Å². The molecule has 1 N–H and O–H groups in total. The zero-order valence-electron chi connectivity index (χ0n) is 14.6. The minimum Gasteiger partial charge on any atom is -0.302 e.